The largest absolute Gasteiger partial charge is 0.481 e. The number of rotatable bonds is 2. The van der Waals surface area contributed by atoms with Gasteiger partial charge in [-0.1, -0.05) is 0 Å². The van der Waals surface area contributed by atoms with Crippen LogP contribution >= 0.6 is 0 Å². The summed E-state index contributed by atoms with van der Waals surface area (Å²) in [6.45, 7) is 0. The molecule has 100 valence electrons. The normalized spacial score (nSPS) is 28.7. The number of carboxylic acid groups (broad SMARTS) is 1. The number of carboxylic acids is 1. The summed E-state index contributed by atoms with van der Waals surface area (Å²) in [5.41, 5.74) is 0.171. The third kappa shape index (κ3) is 1.87. The van der Waals surface area contributed by atoms with Crippen molar-refractivity contribution in [3.63, 3.8) is 0 Å². The minimum absolute atomic E-state index is 0.0227. The number of pyridine rings is 1. The van der Waals surface area contributed by atoms with E-state index in [0.717, 1.165) is 12.6 Å². The second kappa shape index (κ2) is 4.29. The van der Waals surface area contributed by atoms with Gasteiger partial charge in [0.1, 0.15) is 11.5 Å². The molecular formula is C13H13FN2O3. The second-order valence-corrected chi connectivity index (χ2v) is 5.05. The predicted octanol–water partition coefficient (Wildman–Crippen LogP) is 1.30. The highest BCUT2D eigenvalue weighted by molar-refractivity contribution is 5.93. The smallest absolute Gasteiger partial charge is 0.308 e. The van der Waals surface area contributed by atoms with Gasteiger partial charge in [-0.25, -0.2) is 9.37 Å². The number of fused-ring (bicyclic) bond motifs is 2. The Labute approximate surface area is 109 Å². The number of nitrogens with zero attached hydrogens (tertiary/aromatic N) is 2. The highest BCUT2D eigenvalue weighted by Gasteiger charge is 2.51. The minimum atomic E-state index is -0.850. The van der Waals surface area contributed by atoms with E-state index in [0.29, 0.717) is 12.8 Å². The highest BCUT2D eigenvalue weighted by Crippen LogP contribution is 2.42. The predicted molar refractivity (Wildman–Crippen MR) is 62.9 cm³/mol. The number of hydrogen-bond donors (Lipinski definition) is 1. The first-order chi connectivity index (χ1) is 9.08. The fourth-order valence-corrected chi connectivity index (χ4v) is 3.21. The van der Waals surface area contributed by atoms with E-state index in [9.17, 15) is 14.0 Å². The van der Waals surface area contributed by atoms with Crippen LogP contribution in [0, 0.1) is 11.7 Å². The summed E-state index contributed by atoms with van der Waals surface area (Å²) in [6.07, 6.45) is 3.06. The Morgan fingerprint density at radius 1 is 1.37 bits per heavy atom. The van der Waals surface area contributed by atoms with Crippen molar-refractivity contribution in [2.24, 2.45) is 5.92 Å². The van der Waals surface area contributed by atoms with Crippen LogP contribution in [0.2, 0.25) is 0 Å². The molecule has 2 saturated heterocycles. The van der Waals surface area contributed by atoms with E-state index in [-0.39, 0.29) is 23.7 Å². The maximum absolute atomic E-state index is 12.8. The molecule has 19 heavy (non-hydrogen) atoms. The van der Waals surface area contributed by atoms with Gasteiger partial charge in [-0.15, -0.1) is 0 Å². The topological polar surface area (TPSA) is 70.5 Å². The Balaban J connectivity index is 1.85. The third-order valence-corrected chi connectivity index (χ3v) is 4.04. The molecule has 2 fully saturated rings. The maximum Gasteiger partial charge on any atom is 0.308 e. The zero-order chi connectivity index (χ0) is 13.6. The zero-order valence-corrected chi connectivity index (χ0v) is 10.1. The molecule has 1 aromatic heterocycles. The third-order valence-electron chi connectivity index (χ3n) is 4.04. The van der Waals surface area contributed by atoms with Crippen molar-refractivity contribution in [3.05, 3.63) is 29.8 Å². The summed E-state index contributed by atoms with van der Waals surface area (Å²) in [7, 11) is 0. The minimum Gasteiger partial charge on any atom is -0.481 e. The number of hydrogen-bond acceptors (Lipinski definition) is 3. The highest BCUT2D eigenvalue weighted by atomic mass is 19.1. The molecule has 1 amide bonds. The van der Waals surface area contributed by atoms with Gasteiger partial charge >= 0.3 is 5.97 Å². The van der Waals surface area contributed by atoms with E-state index in [4.69, 9.17) is 5.11 Å². The molecule has 1 aromatic rings. The van der Waals surface area contributed by atoms with Gasteiger partial charge in [0.15, 0.2) is 0 Å². The van der Waals surface area contributed by atoms with Crippen molar-refractivity contribution < 1.29 is 19.1 Å². The van der Waals surface area contributed by atoms with Crippen LogP contribution in [0.15, 0.2) is 18.3 Å². The van der Waals surface area contributed by atoms with Gasteiger partial charge in [0, 0.05) is 12.1 Å². The standard InChI is InChI=1S/C13H13FN2O3/c14-7-1-3-10(15-6-7)12(17)16-8-2-4-11(16)9(5-8)13(18)19/h1,3,6,8-9,11H,2,4-5H2,(H,18,19). The molecule has 2 aliphatic rings. The maximum atomic E-state index is 12.8. The first-order valence-corrected chi connectivity index (χ1v) is 6.25. The Hall–Kier alpha value is -1.98. The first kappa shape index (κ1) is 12.1. The lowest BCUT2D eigenvalue weighted by Crippen LogP contribution is -2.38. The molecular weight excluding hydrogens is 251 g/mol. The molecule has 3 rings (SSSR count). The lowest BCUT2D eigenvalue weighted by molar-refractivity contribution is -0.142. The fraction of sp³-hybridized carbons (Fsp3) is 0.462. The van der Waals surface area contributed by atoms with E-state index < -0.39 is 17.7 Å². The SMILES string of the molecule is O=C(O)C1CC2CCC1N2C(=O)c1ccc(F)cn1. The van der Waals surface area contributed by atoms with Gasteiger partial charge in [-0.3, -0.25) is 9.59 Å². The van der Waals surface area contributed by atoms with E-state index in [1.54, 1.807) is 4.90 Å². The Morgan fingerprint density at radius 2 is 2.16 bits per heavy atom. The Morgan fingerprint density at radius 3 is 2.74 bits per heavy atom. The van der Waals surface area contributed by atoms with Crippen LogP contribution in [-0.2, 0) is 4.79 Å². The van der Waals surface area contributed by atoms with Crippen LogP contribution in [0.4, 0.5) is 4.39 Å². The Bertz CT molecular complexity index is 531. The van der Waals surface area contributed by atoms with Crippen molar-refractivity contribution in [3.8, 4) is 0 Å². The van der Waals surface area contributed by atoms with Crippen LogP contribution in [-0.4, -0.2) is 39.0 Å². The average Bonchev–Trinajstić information content (AvgIpc) is 2.96. The van der Waals surface area contributed by atoms with Crippen molar-refractivity contribution in [2.75, 3.05) is 0 Å². The molecule has 2 aliphatic heterocycles. The first-order valence-electron chi connectivity index (χ1n) is 6.25. The van der Waals surface area contributed by atoms with Gasteiger partial charge in [0.2, 0.25) is 0 Å². The molecule has 0 saturated carbocycles. The summed E-state index contributed by atoms with van der Waals surface area (Å²) in [6, 6.07) is 2.25. The lowest BCUT2D eigenvalue weighted by atomic mass is 9.89. The molecule has 2 bridgehead atoms. The molecule has 3 atom stereocenters. The van der Waals surface area contributed by atoms with Gasteiger partial charge < -0.3 is 10.0 Å². The van der Waals surface area contributed by atoms with E-state index in [1.165, 1.54) is 12.1 Å². The molecule has 3 unspecified atom stereocenters. The summed E-state index contributed by atoms with van der Waals surface area (Å²) in [5, 5.41) is 9.14. The fourth-order valence-electron chi connectivity index (χ4n) is 3.21. The number of carbonyl (C=O) groups excluding carboxylic acids is 1. The molecule has 0 spiro atoms. The van der Waals surface area contributed by atoms with E-state index in [2.05, 4.69) is 4.98 Å². The van der Waals surface area contributed by atoms with E-state index in [1.807, 2.05) is 0 Å². The van der Waals surface area contributed by atoms with E-state index >= 15 is 0 Å². The van der Waals surface area contributed by atoms with Crippen LogP contribution in [0.25, 0.3) is 0 Å². The van der Waals surface area contributed by atoms with Gasteiger partial charge in [-0.05, 0) is 31.4 Å². The van der Waals surface area contributed by atoms with Gasteiger partial charge in [0.05, 0.1) is 12.1 Å². The Kier molecular flexibility index (Phi) is 2.73. The molecule has 6 heteroatoms. The summed E-state index contributed by atoms with van der Waals surface area (Å²) >= 11 is 0. The second-order valence-electron chi connectivity index (χ2n) is 5.05. The monoisotopic (exact) mass is 264 g/mol. The number of halogens is 1. The van der Waals surface area contributed by atoms with Crippen LogP contribution in [0.5, 0.6) is 0 Å². The van der Waals surface area contributed by atoms with Crippen LogP contribution in [0.1, 0.15) is 29.8 Å². The summed E-state index contributed by atoms with van der Waals surface area (Å²) in [5.74, 6) is -2.12. The number of amides is 1. The van der Waals surface area contributed by atoms with Crippen LogP contribution in [0.3, 0.4) is 0 Å². The number of carbonyl (C=O) groups is 2. The molecule has 3 heterocycles. The van der Waals surface area contributed by atoms with Gasteiger partial charge in [-0.2, -0.15) is 0 Å². The average molecular weight is 264 g/mol. The molecule has 0 aromatic carbocycles. The number of aromatic nitrogens is 1. The zero-order valence-electron chi connectivity index (χ0n) is 10.1. The van der Waals surface area contributed by atoms with Crippen molar-refractivity contribution in [1.82, 2.24) is 9.88 Å². The molecule has 1 N–H and O–H groups in total. The molecule has 5 nitrogen and oxygen atoms in total. The summed E-state index contributed by atoms with van der Waals surface area (Å²) in [4.78, 5) is 28.9. The molecule has 0 aliphatic carbocycles. The van der Waals surface area contributed by atoms with Crippen LogP contribution < -0.4 is 0 Å². The molecule has 0 radical (unpaired) electrons. The summed E-state index contributed by atoms with van der Waals surface area (Å²) < 4.78 is 12.8. The van der Waals surface area contributed by atoms with Gasteiger partial charge in [0.25, 0.3) is 5.91 Å². The number of aliphatic carboxylic acids is 1. The van der Waals surface area contributed by atoms with Crippen molar-refractivity contribution in [1.29, 1.82) is 0 Å². The van der Waals surface area contributed by atoms with Crippen molar-refractivity contribution >= 4 is 11.9 Å². The lowest BCUT2D eigenvalue weighted by Gasteiger charge is -2.22. The quantitative estimate of drug-likeness (QED) is 0.874. The van der Waals surface area contributed by atoms with Crippen molar-refractivity contribution in [2.45, 2.75) is 31.3 Å².